The lowest BCUT2D eigenvalue weighted by atomic mass is 9.91. The number of benzene rings is 1. The van der Waals surface area contributed by atoms with E-state index in [1.165, 1.54) is 5.57 Å². The van der Waals surface area contributed by atoms with Gasteiger partial charge in [0.1, 0.15) is 11.9 Å². The topological polar surface area (TPSA) is 95.6 Å². The van der Waals surface area contributed by atoms with E-state index < -0.39 is 6.04 Å². The lowest BCUT2D eigenvalue weighted by Crippen LogP contribution is -2.36. The second kappa shape index (κ2) is 10.9. The maximum Gasteiger partial charge on any atom is 0.247 e. The predicted octanol–water partition coefficient (Wildman–Crippen LogP) is 4.72. The first kappa shape index (κ1) is 24.1. The van der Waals surface area contributed by atoms with Crippen LogP contribution in [0.15, 0.2) is 78.7 Å². The number of hydrogen-bond acceptors (Lipinski definition) is 5. The van der Waals surface area contributed by atoms with Crippen LogP contribution < -0.4 is 10.6 Å². The molecule has 3 aromatic rings. The highest BCUT2D eigenvalue weighted by Crippen LogP contribution is 2.24. The number of anilines is 1. The highest BCUT2D eigenvalue weighted by atomic mass is 16.2. The molecule has 2 aromatic heterocycles. The molecule has 1 aliphatic carbocycles. The summed E-state index contributed by atoms with van der Waals surface area (Å²) in [7, 11) is 1.91. The molecule has 0 bridgehead atoms. The Morgan fingerprint density at radius 1 is 1.23 bits per heavy atom. The van der Waals surface area contributed by atoms with Gasteiger partial charge in [0.05, 0.1) is 18.2 Å². The Bertz CT molecular complexity index is 1270. The molecule has 7 nitrogen and oxygen atoms in total. The van der Waals surface area contributed by atoms with E-state index in [-0.39, 0.29) is 17.7 Å². The summed E-state index contributed by atoms with van der Waals surface area (Å²) < 4.78 is 1.82. The van der Waals surface area contributed by atoms with Gasteiger partial charge in [-0.2, -0.15) is 10.4 Å². The number of amides is 1. The molecule has 7 heteroatoms. The lowest BCUT2D eigenvalue weighted by Gasteiger charge is -2.23. The number of pyridine rings is 1. The summed E-state index contributed by atoms with van der Waals surface area (Å²) in [5, 5.41) is 19.8. The number of nitriles is 1. The molecule has 1 aliphatic rings. The highest BCUT2D eigenvalue weighted by molar-refractivity contribution is 5.95. The van der Waals surface area contributed by atoms with Gasteiger partial charge in [-0.25, -0.2) is 4.98 Å². The Morgan fingerprint density at radius 2 is 2.03 bits per heavy atom. The molecule has 1 aromatic carbocycles. The molecule has 1 amide bonds. The zero-order valence-corrected chi connectivity index (χ0v) is 20.3. The number of carbonyl (C=O) groups excluding carboxylic acids is 1. The fourth-order valence-corrected chi connectivity index (χ4v) is 4.13. The zero-order valence-electron chi connectivity index (χ0n) is 20.3. The fraction of sp³-hybridized carbons (Fsp3) is 0.286. The second-order valence-corrected chi connectivity index (χ2v) is 8.88. The normalized spacial score (nSPS) is 16.7. The maximum absolute atomic E-state index is 13.3. The maximum atomic E-state index is 13.3. The molecule has 0 saturated carbocycles. The van der Waals surface area contributed by atoms with Crippen LogP contribution in [0.5, 0.6) is 0 Å². The minimum absolute atomic E-state index is 0.0530. The molecule has 0 spiro atoms. The molecule has 3 unspecified atom stereocenters. The molecule has 0 saturated heterocycles. The van der Waals surface area contributed by atoms with Gasteiger partial charge >= 0.3 is 0 Å². The number of allylic oxidation sites excluding steroid dienone is 3. The van der Waals surface area contributed by atoms with Gasteiger partial charge in [-0.1, -0.05) is 55.5 Å². The van der Waals surface area contributed by atoms with Crippen molar-refractivity contribution < 1.29 is 4.79 Å². The van der Waals surface area contributed by atoms with Crippen LogP contribution in [0, 0.1) is 30.1 Å². The van der Waals surface area contributed by atoms with Crippen LogP contribution in [0.4, 0.5) is 5.82 Å². The van der Waals surface area contributed by atoms with E-state index in [0.717, 1.165) is 28.8 Å². The molecular formula is C28H30N6O. The number of hydrogen-bond donors (Lipinski definition) is 2. The summed E-state index contributed by atoms with van der Waals surface area (Å²) >= 11 is 0. The van der Waals surface area contributed by atoms with Crippen molar-refractivity contribution in [1.29, 1.82) is 5.26 Å². The van der Waals surface area contributed by atoms with E-state index in [1.807, 2.05) is 79.5 Å². The molecule has 0 radical (unpaired) electrons. The standard InChI is InChI=1S/C28H30N6O/c1-19(22-11-9-21(15-29)10-12-22)16-31-27(23-7-5-4-6-8-23)28(35)33-26-14-13-24(17-30-26)25-18-32-34(3)20(25)2/h4-9,11-14,17-19,21,27,31H,10,16H2,1-3H3,(H,30,33,35). The van der Waals surface area contributed by atoms with E-state index >= 15 is 0 Å². The van der Waals surface area contributed by atoms with Gasteiger partial charge in [0.2, 0.25) is 5.91 Å². The number of aryl methyl sites for hydroxylation is 1. The Labute approximate surface area is 206 Å². The number of aromatic nitrogens is 3. The smallest absolute Gasteiger partial charge is 0.247 e. The monoisotopic (exact) mass is 466 g/mol. The molecule has 178 valence electrons. The molecule has 0 fully saturated rings. The van der Waals surface area contributed by atoms with Gasteiger partial charge in [-0.05, 0) is 42.5 Å². The second-order valence-electron chi connectivity index (χ2n) is 8.88. The molecular weight excluding hydrogens is 436 g/mol. The Morgan fingerprint density at radius 3 is 2.63 bits per heavy atom. The van der Waals surface area contributed by atoms with Crippen molar-refractivity contribution in [2.45, 2.75) is 26.3 Å². The molecule has 35 heavy (non-hydrogen) atoms. The van der Waals surface area contributed by atoms with Crippen LogP contribution >= 0.6 is 0 Å². The van der Waals surface area contributed by atoms with Crippen LogP contribution in [0.2, 0.25) is 0 Å². The van der Waals surface area contributed by atoms with Crippen LogP contribution in [0.1, 0.15) is 30.6 Å². The first-order valence-corrected chi connectivity index (χ1v) is 11.8. The van der Waals surface area contributed by atoms with Crippen molar-refractivity contribution in [2.24, 2.45) is 18.9 Å². The molecule has 2 N–H and O–H groups in total. The molecule has 3 atom stereocenters. The van der Waals surface area contributed by atoms with E-state index in [4.69, 9.17) is 5.26 Å². The van der Waals surface area contributed by atoms with Crippen molar-refractivity contribution in [3.63, 3.8) is 0 Å². The average molecular weight is 467 g/mol. The fourth-order valence-electron chi connectivity index (χ4n) is 4.13. The van der Waals surface area contributed by atoms with Gasteiger partial charge < -0.3 is 10.6 Å². The minimum Gasteiger partial charge on any atom is -0.309 e. The summed E-state index contributed by atoms with van der Waals surface area (Å²) in [5.41, 5.74) is 5.09. The van der Waals surface area contributed by atoms with Crippen LogP contribution in [-0.2, 0) is 11.8 Å². The van der Waals surface area contributed by atoms with E-state index in [0.29, 0.717) is 12.4 Å². The zero-order chi connectivity index (χ0) is 24.8. The van der Waals surface area contributed by atoms with E-state index in [2.05, 4.69) is 39.8 Å². The van der Waals surface area contributed by atoms with Gasteiger partial charge in [0, 0.05) is 36.6 Å². The van der Waals surface area contributed by atoms with Crippen LogP contribution in [0.3, 0.4) is 0 Å². The SMILES string of the molecule is Cc1c(-c2ccc(NC(=O)C(NCC(C)C3=CCC(C#N)C=C3)c3ccccc3)nc2)cnn1C. The van der Waals surface area contributed by atoms with Gasteiger partial charge in [-0.3, -0.25) is 9.48 Å². The summed E-state index contributed by atoms with van der Waals surface area (Å²) in [4.78, 5) is 17.8. The Kier molecular flexibility index (Phi) is 7.54. The number of nitrogens with zero attached hydrogens (tertiary/aromatic N) is 4. The summed E-state index contributed by atoms with van der Waals surface area (Å²) in [5.74, 6) is 0.475. The van der Waals surface area contributed by atoms with Crippen molar-refractivity contribution >= 4 is 11.7 Å². The third-order valence-corrected chi connectivity index (χ3v) is 6.45. The quantitative estimate of drug-likeness (QED) is 0.501. The van der Waals surface area contributed by atoms with E-state index in [9.17, 15) is 4.79 Å². The molecule has 4 rings (SSSR count). The van der Waals surface area contributed by atoms with Gasteiger partial charge in [0.15, 0.2) is 0 Å². The number of carbonyl (C=O) groups is 1. The van der Waals surface area contributed by atoms with Crippen molar-refractivity contribution in [3.8, 4) is 17.2 Å². The van der Waals surface area contributed by atoms with Gasteiger partial charge in [-0.15, -0.1) is 0 Å². The minimum atomic E-state index is -0.527. The summed E-state index contributed by atoms with van der Waals surface area (Å²) in [6.45, 7) is 4.75. The summed E-state index contributed by atoms with van der Waals surface area (Å²) in [6, 6.07) is 15.2. The van der Waals surface area contributed by atoms with Crippen LogP contribution in [-0.4, -0.2) is 27.2 Å². The third-order valence-electron chi connectivity index (χ3n) is 6.45. The first-order valence-electron chi connectivity index (χ1n) is 11.8. The largest absolute Gasteiger partial charge is 0.309 e. The predicted molar refractivity (Wildman–Crippen MR) is 137 cm³/mol. The van der Waals surface area contributed by atoms with E-state index in [1.54, 1.807) is 6.20 Å². The first-order chi connectivity index (χ1) is 17.0. The van der Waals surface area contributed by atoms with Crippen molar-refractivity contribution in [2.75, 3.05) is 11.9 Å². The third kappa shape index (κ3) is 5.73. The van der Waals surface area contributed by atoms with Gasteiger partial charge in [0.25, 0.3) is 0 Å². The average Bonchev–Trinajstić information content (AvgIpc) is 3.23. The number of rotatable bonds is 8. The lowest BCUT2D eigenvalue weighted by molar-refractivity contribution is -0.118. The van der Waals surface area contributed by atoms with Crippen molar-refractivity contribution in [1.82, 2.24) is 20.1 Å². The Balaban J connectivity index is 1.45. The highest BCUT2D eigenvalue weighted by Gasteiger charge is 2.22. The van der Waals surface area contributed by atoms with Crippen LogP contribution in [0.25, 0.3) is 11.1 Å². The number of nitrogens with one attached hydrogen (secondary N) is 2. The Hall–Kier alpha value is -4.02. The van der Waals surface area contributed by atoms with Crippen molar-refractivity contribution in [3.05, 3.63) is 89.9 Å². The molecule has 0 aliphatic heterocycles. The summed E-state index contributed by atoms with van der Waals surface area (Å²) in [6.07, 6.45) is 10.4. The molecule has 2 heterocycles.